The maximum atomic E-state index is 12.9. The summed E-state index contributed by atoms with van der Waals surface area (Å²) in [7, 11) is 0. The Balaban J connectivity index is 1.56. The number of hydrogen-bond acceptors (Lipinski definition) is 3. The molecule has 0 atom stereocenters. The first-order valence-corrected chi connectivity index (χ1v) is 10.0. The highest BCUT2D eigenvalue weighted by Gasteiger charge is 2.18. The SMILES string of the molecule is O=C(CC1CCCCC1)Nc1ccc2nc3n(c(=O)c2c1)CCCCC3. The summed E-state index contributed by atoms with van der Waals surface area (Å²) < 4.78 is 1.82. The molecule has 2 aromatic rings. The second-order valence-corrected chi connectivity index (χ2v) is 7.78. The van der Waals surface area contributed by atoms with Gasteiger partial charge in [-0.05, 0) is 49.8 Å². The number of aromatic nitrogens is 2. The van der Waals surface area contributed by atoms with Crippen molar-refractivity contribution in [2.24, 2.45) is 5.92 Å². The van der Waals surface area contributed by atoms with Crippen molar-refractivity contribution in [1.29, 1.82) is 0 Å². The lowest BCUT2D eigenvalue weighted by atomic mass is 9.87. The molecule has 1 aromatic carbocycles. The number of nitrogens with zero attached hydrogens (tertiary/aromatic N) is 2. The summed E-state index contributed by atoms with van der Waals surface area (Å²) in [5.41, 5.74) is 1.45. The van der Waals surface area contributed by atoms with Crippen LogP contribution in [0, 0.1) is 5.92 Å². The molecule has 2 heterocycles. The van der Waals surface area contributed by atoms with E-state index in [2.05, 4.69) is 5.32 Å². The lowest BCUT2D eigenvalue weighted by Gasteiger charge is -2.20. The molecule has 26 heavy (non-hydrogen) atoms. The van der Waals surface area contributed by atoms with Crippen LogP contribution in [0.15, 0.2) is 23.0 Å². The van der Waals surface area contributed by atoms with Crippen molar-refractivity contribution in [3.63, 3.8) is 0 Å². The van der Waals surface area contributed by atoms with Crippen molar-refractivity contribution in [2.75, 3.05) is 5.32 Å². The van der Waals surface area contributed by atoms with Crippen LogP contribution in [-0.4, -0.2) is 15.5 Å². The van der Waals surface area contributed by atoms with Crippen LogP contribution >= 0.6 is 0 Å². The largest absolute Gasteiger partial charge is 0.326 e. The van der Waals surface area contributed by atoms with Crippen LogP contribution < -0.4 is 10.9 Å². The Morgan fingerprint density at radius 3 is 2.77 bits per heavy atom. The average Bonchev–Trinajstić information content (AvgIpc) is 2.89. The van der Waals surface area contributed by atoms with Crippen LogP contribution in [0.3, 0.4) is 0 Å². The molecular weight excluding hydrogens is 326 g/mol. The Labute approximate surface area is 153 Å². The Morgan fingerprint density at radius 2 is 1.92 bits per heavy atom. The lowest BCUT2D eigenvalue weighted by Crippen LogP contribution is -2.24. The van der Waals surface area contributed by atoms with Gasteiger partial charge in [-0.25, -0.2) is 4.98 Å². The molecule has 1 amide bonds. The number of benzene rings is 1. The maximum absolute atomic E-state index is 12.9. The number of carbonyl (C=O) groups is 1. The predicted octanol–water partition coefficient (Wildman–Crippen LogP) is 4.03. The molecule has 1 N–H and O–H groups in total. The monoisotopic (exact) mass is 353 g/mol. The van der Waals surface area contributed by atoms with E-state index in [4.69, 9.17) is 4.98 Å². The van der Waals surface area contributed by atoms with E-state index in [1.54, 1.807) is 6.07 Å². The van der Waals surface area contributed by atoms with E-state index >= 15 is 0 Å². The molecule has 4 rings (SSSR count). The molecule has 0 radical (unpaired) electrons. The first-order valence-electron chi connectivity index (χ1n) is 10.0. The van der Waals surface area contributed by atoms with Crippen molar-refractivity contribution < 1.29 is 4.79 Å². The Kier molecular flexibility index (Phi) is 5.05. The molecule has 2 aliphatic rings. The number of rotatable bonds is 3. The van der Waals surface area contributed by atoms with Crippen molar-refractivity contribution >= 4 is 22.5 Å². The van der Waals surface area contributed by atoms with E-state index in [1.165, 1.54) is 19.3 Å². The Bertz CT molecular complexity index is 865. The van der Waals surface area contributed by atoms with Gasteiger partial charge < -0.3 is 5.32 Å². The van der Waals surface area contributed by atoms with Crippen molar-refractivity contribution in [3.8, 4) is 0 Å². The van der Waals surface area contributed by atoms with E-state index in [-0.39, 0.29) is 11.5 Å². The van der Waals surface area contributed by atoms with Crippen LogP contribution in [0.25, 0.3) is 10.9 Å². The number of aryl methyl sites for hydroxylation is 1. The van der Waals surface area contributed by atoms with Crippen LogP contribution in [0.1, 0.15) is 63.6 Å². The molecule has 1 aliphatic heterocycles. The van der Waals surface area contributed by atoms with Crippen molar-refractivity contribution in [3.05, 3.63) is 34.4 Å². The van der Waals surface area contributed by atoms with Gasteiger partial charge in [0.2, 0.25) is 5.91 Å². The summed E-state index contributed by atoms with van der Waals surface area (Å²) in [5, 5.41) is 3.59. The van der Waals surface area contributed by atoms with Gasteiger partial charge in [-0.3, -0.25) is 14.2 Å². The minimum absolute atomic E-state index is 0.0234. The molecular formula is C21H27N3O2. The van der Waals surface area contributed by atoms with Crippen LogP contribution in [-0.2, 0) is 17.8 Å². The maximum Gasteiger partial charge on any atom is 0.261 e. The van der Waals surface area contributed by atoms with Gasteiger partial charge in [0.1, 0.15) is 5.82 Å². The van der Waals surface area contributed by atoms with E-state index < -0.39 is 0 Å². The molecule has 1 aliphatic carbocycles. The molecule has 1 fully saturated rings. The van der Waals surface area contributed by atoms with Crippen molar-refractivity contribution in [1.82, 2.24) is 9.55 Å². The zero-order valence-corrected chi connectivity index (χ0v) is 15.3. The number of nitrogens with one attached hydrogen (secondary N) is 1. The molecule has 0 spiro atoms. The minimum Gasteiger partial charge on any atom is -0.326 e. The first-order chi connectivity index (χ1) is 12.7. The summed E-state index contributed by atoms with van der Waals surface area (Å²) in [5.74, 6) is 1.46. The molecule has 5 nitrogen and oxygen atoms in total. The Hall–Kier alpha value is -2.17. The fourth-order valence-electron chi connectivity index (χ4n) is 4.36. The Morgan fingerprint density at radius 1 is 1.12 bits per heavy atom. The van der Waals surface area contributed by atoms with Gasteiger partial charge in [-0.15, -0.1) is 0 Å². The molecule has 138 valence electrons. The second-order valence-electron chi connectivity index (χ2n) is 7.78. The topological polar surface area (TPSA) is 64.0 Å². The summed E-state index contributed by atoms with van der Waals surface area (Å²) >= 11 is 0. The highest BCUT2D eigenvalue weighted by atomic mass is 16.1. The summed E-state index contributed by atoms with van der Waals surface area (Å²) in [6.45, 7) is 0.745. The van der Waals surface area contributed by atoms with Crippen molar-refractivity contribution in [2.45, 2.75) is 70.8 Å². The molecule has 1 aromatic heterocycles. The van der Waals surface area contributed by atoms with Crippen LogP contribution in [0.4, 0.5) is 5.69 Å². The molecule has 0 bridgehead atoms. The van der Waals surface area contributed by atoms with E-state index in [1.807, 2.05) is 16.7 Å². The number of fused-ring (bicyclic) bond motifs is 2. The van der Waals surface area contributed by atoms with Crippen LogP contribution in [0.2, 0.25) is 0 Å². The fraction of sp³-hybridized carbons (Fsp3) is 0.571. The summed E-state index contributed by atoms with van der Waals surface area (Å²) in [6.07, 6.45) is 10.8. The second kappa shape index (κ2) is 7.60. The standard InChI is InChI=1S/C21H27N3O2/c25-20(13-15-7-3-1-4-8-15)22-16-10-11-18-17(14-16)21(26)24-12-6-2-5-9-19(24)23-18/h10-11,14-15H,1-9,12-13H2,(H,22,25). The number of anilines is 1. The summed E-state index contributed by atoms with van der Waals surface area (Å²) in [4.78, 5) is 30.0. The molecule has 5 heteroatoms. The zero-order valence-electron chi connectivity index (χ0n) is 15.3. The number of hydrogen-bond donors (Lipinski definition) is 1. The average molecular weight is 353 g/mol. The van der Waals surface area contributed by atoms with Gasteiger partial charge in [0.15, 0.2) is 0 Å². The lowest BCUT2D eigenvalue weighted by molar-refractivity contribution is -0.117. The van der Waals surface area contributed by atoms with Crippen LogP contribution in [0.5, 0.6) is 0 Å². The summed E-state index contributed by atoms with van der Waals surface area (Å²) in [6, 6.07) is 5.52. The third kappa shape index (κ3) is 3.67. The zero-order chi connectivity index (χ0) is 17.9. The van der Waals surface area contributed by atoms with Gasteiger partial charge in [-0.2, -0.15) is 0 Å². The smallest absolute Gasteiger partial charge is 0.261 e. The van der Waals surface area contributed by atoms with Gasteiger partial charge in [0.25, 0.3) is 5.56 Å². The normalized spacial score (nSPS) is 18.3. The van der Waals surface area contributed by atoms with Gasteiger partial charge in [-0.1, -0.05) is 25.7 Å². The van der Waals surface area contributed by atoms with Gasteiger partial charge in [0.05, 0.1) is 10.9 Å². The first kappa shape index (κ1) is 17.3. The highest BCUT2D eigenvalue weighted by Crippen LogP contribution is 2.27. The van der Waals surface area contributed by atoms with E-state index in [0.717, 1.165) is 56.4 Å². The third-order valence-electron chi connectivity index (χ3n) is 5.80. The molecule has 1 saturated carbocycles. The van der Waals surface area contributed by atoms with E-state index in [0.29, 0.717) is 23.4 Å². The number of carbonyl (C=O) groups excluding carboxylic acids is 1. The molecule has 0 saturated heterocycles. The minimum atomic E-state index is 0.0234. The predicted molar refractivity (Wildman–Crippen MR) is 103 cm³/mol. The number of amides is 1. The quantitative estimate of drug-likeness (QED) is 0.906. The van der Waals surface area contributed by atoms with Gasteiger partial charge >= 0.3 is 0 Å². The van der Waals surface area contributed by atoms with Gasteiger partial charge in [0, 0.05) is 25.1 Å². The fourth-order valence-corrected chi connectivity index (χ4v) is 4.36. The third-order valence-corrected chi connectivity index (χ3v) is 5.80. The van der Waals surface area contributed by atoms with E-state index in [9.17, 15) is 9.59 Å². The molecule has 0 unspecified atom stereocenters. The highest BCUT2D eigenvalue weighted by molar-refractivity contribution is 5.93.